The molecule has 0 radical (unpaired) electrons. The zero-order valence-corrected chi connectivity index (χ0v) is 64.5. The van der Waals surface area contributed by atoms with Gasteiger partial charge in [-0.2, -0.15) is 34.1 Å². The lowest BCUT2D eigenvalue weighted by molar-refractivity contribution is -0.150. The Morgan fingerprint density at radius 2 is 0.924 bits per heavy atom. The molecule has 5 aromatic heterocycles. The van der Waals surface area contributed by atoms with Gasteiger partial charge in [0.15, 0.2) is 0 Å². The molecule has 18 rings (SSSR count). The number of nitrogens with one attached hydrogen (secondary N) is 6. The van der Waals surface area contributed by atoms with E-state index < -0.39 is 30.1 Å². The van der Waals surface area contributed by atoms with Crippen molar-refractivity contribution in [3.05, 3.63) is 122 Å². The second-order valence-electron chi connectivity index (χ2n) is 28.4. The van der Waals surface area contributed by atoms with Crippen molar-refractivity contribution in [1.29, 1.82) is 0 Å². The Morgan fingerprint density at radius 3 is 1.34 bits per heavy atom. The van der Waals surface area contributed by atoms with Crippen LogP contribution in [0.2, 0.25) is 25.1 Å². The van der Waals surface area contributed by atoms with Crippen molar-refractivity contribution in [2.45, 2.75) is 94.5 Å². The van der Waals surface area contributed by atoms with Crippen molar-refractivity contribution in [2.24, 2.45) is 5.92 Å². The summed E-state index contributed by atoms with van der Waals surface area (Å²) in [6, 6.07) is 20.3. The summed E-state index contributed by atoms with van der Waals surface area (Å²) in [6.45, 7) is 12.4. The molecule has 0 spiro atoms. The fourth-order valence-corrected chi connectivity index (χ4v) is 20.2. The summed E-state index contributed by atoms with van der Waals surface area (Å²) in [5, 5.41) is 43.9. The lowest BCUT2D eigenvalue weighted by Gasteiger charge is -2.40. The Kier molecular flexibility index (Phi) is 21.6. The maximum absolute atomic E-state index is 12.2. The molecule has 4 bridgehead atoms. The number of amides is 2. The molecule has 560 valence electrons. The van der Waals surface area contributed by atoms with E-state index in [0.29, 0.717) is 89.1 Å². The first-order chi connectivity index (χ1) is 50.1. The molecule has 10 aromatic rings. The van der Waals surface area contributed by atoms with E-state index in [4.69, 9.17) is 62.7 Å². The monoisotopic (exact) mass is 1590 g/mol. The van der Waals surface area contributed by atoms with E-state index in [0.717, 1.165) is 155 Å². The molecule has 105 heavy (non-hydrogen) atoms. The molecule has 8 aliphatic rings. The maximum atomic E-state index is 12.2. The molecule has 6 N–H and O–H groups in total. The standard InChI is InChI=1S/C15H17ClN4O2.C14H15ClN4O.C14H18ClN3O2S.C13H15ClN4O2S.C13H17ClN4O2S/c16-11-5-13-12(7-17-18-13)14(6-11)19-1-3-20(4-2-19)15(21)10-8-22-9-10;1-8(20)18-6-11-4-10(18)7-19(11)14-3-9(15)2-13-12(14)5-16-17-13;1-21(19,20)18-11-4-2-9(3-5-11)12-6-10(15)7-14-13(12)8-16-17-14;1-21(19,20)18-7-9-4-10(18)6-17(9)13-3-8(14)2-12-11(13)5-15-16-12;1-9-8-17(21(2,19)20)3-4-18(9)13-6-10(14)5-12-11(13)7-15-16-12/h5-7,10H,1-4,8-9H2,(H,17,18);2-3,5,10-11H,4,6-7H2,1H3,(H,16,17);6-9,11,18H,2-5H2,1H3,(H,16,17);2-3,5,9-10H,4,6-7H2,1H3,(H,15,16);5-7,9H,3-4,8H2,1-2H3,(H,15,16)/t;;;;9-/m....0/s1. The van der Waals surface area contributed by atoms with Gasteiger partial charge < -0.3 is 34.1 Å². The zero-order valence-electron chi connectivity index (χ0n) is 58.3. The summed E-state index contributed by atoms with van der Waals surface area (Å²) < 4.78 is 80.4. The average Bonchev–Trinajstić information content (AvgIpc) is 1.57. The Labute approximate surface area is 632 Å². The number of H-pyrrole nitrogens is 5. The fraction of sp³-hybridized carbons (Fsp3) is 0.464. The number of aromatic amines is 5. The van der Waals surface area contributed by atoms with Crippen LogP contribution in [0.4, 0.5) is 22.7 Å². The zero-order chi connectivity index (χ0) is 74.0. The highest BCUT2D eigenvalue weighted by Crippen LogP contribution is 2.43. The third kappa shape index (κ3) is 16.3. The van der Waals surface area contributed by atoms with Crippen LogP contribution in [0.15, 0.2) is 91.6 Å². The lowest BCUT2D eigenvalue weighted by Crippen LogP contribution is -2.53. The maximum Gasteiger partial charge on any atom is 0.230 e. The molecular weight excluding hydrogens is 1510 g/mol. The number of hydrogen-bond donors (Lipinski definition) is 6. The number of halogens is 5. The van der Waals surface area contributed by atoms with Gasteiger partial charge >= 0.3 is 0 Å². The number of sulfonamides is 3. The molecule has 36 heteroatoms. The first-order valence-electron chi connectivity index (χ1n) is 34.8. The van der Waals surface area contributed by atoms with E-state index in [1.165, 1.54) is 28.6 Å². The summed E-state index contributed by atoms with van der Waals surface area (Å²) in [5.74, 6) is 0.877. The number of nitrogens with zero attached hydrogens (tertiary/aromatic N) is 13. The molecule has 8 fully saturated rings. The Hall–Kier alpha value is -7.27. The van der Waals surface area contributed by atoms with Crippen LogP contribution in [-0.4, -0.2) is 247 Å². The van der Waals surface area contributed by atoms with Gasteiger partial charge in [0.05, 0.1) is 103 Å². The minimum atomic E-state index is -3.14. The van der Waals surface area contributed by atoms with Gasteiger partial charge in [-0.15, -0.1) is 0 Å². The average molecular weight is 1600 g/mol. The number of hydrogen-bond acceptors (Lipinski definition) is 18. The molecule has 12 heterocycles. The van der Waals surface area contributed by atoms with Crippen LogP contribution in [0.1, 0.15) is 63.9 Å². The minimum Gasteiger partial charge on any atom is -0.380 e. The quantitative estimate of drug-likeness (QED) is 0.0742. The number of piperazine rings is 4. The van der Waals surface area contributed by atoms with Crippen molar-refractivity contribution in [3.63, 3.8) is 0 Å². The second kappa shape index (κ2) is 30.4. The number of anilines is 4. The molecule has 5 atom stereocenters. The van der Waals surface area contributed by atoms with Crippen LogP contribution in [0.3, 0.4) is 0 Å². The Balaban J connectivity index is 0.000000111. The molecule has 1 aliphatic carbocycles. The van der Waals surface area contributed by atoms with Crippen LogP contribution in [0.25, 0.3) is 54.5 Å². The van der Waals surface area contributed by atoms with Crippen molar-refractivity contribution >= 4 is 177 Å². The SMILES string of the molecule is CC(=O)N1CC2CC1CN2c1cc(Cl)cc2[nH]ncc12.CS(=O)(=O)N1CC2CC1CN2c1cc(Cl)cc2[nH]ncc12.CS(=O)(=O)NC1CCC(c2cc(Cl)cc3[nH]ncc23)CC1.C[C@H]1CN(S(C)(=O)=O)CCN1c1cc(Cl)cc2[nH]ncc12.O=C(C1COC1)N1CCN(c2cc(Cl)cc3[nH]ncc23)CC1. The highest BCUT2D eigenvalue weighted by Gasteiger charge is 2.48. The molecular formula is C69H82Cl5N19O9S3. The van der Waals surface area contributed by atoms with Gasteiger partial charge in [0.25, 0.3) is 0 Å². The van der Waals surface area contributed by atoms with Gasteiger partial charge in [0.1, 0.15) is 0 Å². The van der Waals surface area contributed by atoms with Gasteiger partial charge in [-0.05, 0) is 118 Å². The molecule has 5 aromatic carbocycles. The van der Waals surface area contributed by atoms with E-state index in [1.54, 1.807) is 23.6 Å². The minimum absolute atomic E-state index is 0.0512. The largest absolute Gasteiger partial charge is 0.380 e. The van der Waals surface area contributed by atoms with Crippen LogP contribution in [0, 0.1) is 5.92 Å². The van der Waals surface area contributed by atoms with Crippen molar-refractivity contribution < 1.29 is 39.6 Å². The molecule has 2 amide bonds. The van der Waals surface area contributed by atoms with E-state index in [1.807, 2.05) is 96.0 Å². The smallest absolute Gasteiger partial charge is 0.230 e. The predicted octanol–water partition coefficient (Wildman–Crippen LogP) is 9.45. The van der Waals surface area contributed by atoms with Crippen molar-refractivity contribution in [2.75, 3.05) is 124 Å². The van der Waals surface area contributed by atoms with Gasteiger partial charge in [0.2, 0.25) is 41.9 Å². The third-order valence-corrected chi connectivity index (χ3v) is 25.7. The molecule has 28 nitrogen and oxygen atoms in total. The Morgan fingerprint density at radius 1 is 0.486 bits per heavy atom. The lowest BCUT2D eigenvalue weighted by atomic mass is 9.81. The third-order valence-electron chi connectivity index (χ3n) is 21.3. The molecule has 7 aliphatic heterocycles. The second-order valence-corrected chi connectivity index (χ2v) is 36.3. The first kappa shape index (κ1) is 74.6. The normalized spacial score (nSPS) is 23.0. The van der Waals surface area contributed by atoms with Crippen molar-refractivity contribution in [3.8, 4) is 0 Å². The molecule has 1 saturated carbocycles. The number of rotatable bonds is 10. The van der Waals surface area contributed by atoms with Crippen LogP contribution >= 0.6 is 58.0 Å². The number of ether oxygens (including phenoxy) is 1. The summed E-state index contributed by atoms with van der Waals surface area (Å²) in [5.41, 5.74) is 10.1. The number of carbonyl (C=O) groups is 2. The van der Waals surface area contributed by atoms with Gasteiger partial charge in [0, 0.05) is 184 Å². The number of likely N-dealkylation sites (tertiary alicyclic amines) is 1. The molecule has 4 unspecified atom stereocenters. The fourth-order valence-electron chi connectivity index (χ4n) is 16.2. The van der Waals surface area contributed by atoms with Gasteiger partial charge in [-0.1, -0.05) is 58.0 Å². The first-order valence-corrected chi connectivity index (χ1v) is 42.3. The van der Waals surface area contributed by atoms with Gasteiger partial charge in [-0.3, -0.25) is 35.1 Å². The molecule has 7 saturated heterocycles. The van der Waals surface area contributed by atoms with Gasteiger partial charge in [-0.25, -0.2) is 30.0 Å². The number of fused-ring (bicyclic) bond motifs is 9. The Bertz CT molecular complexity index is 5160. The predicted molar refractivity (Wildman–Crippen MR) is 413 cm³/mol. The number of benzene rings is 5. The van der Waals surface area contributed by atoms with E-state index in [2.05, 4.69) is 75.3 Å². The summed E-state index contributed by atoms with van der Waals surface area (Å²) in [7, 11) is -9.38. The summed E-state index contributed by atoms with van der Waals surface area (Å²) in [6.07, 6.45) is 18.3. The van der Waals surface area contributed by atoms with E-state index >= 15 is 0 Å². The van der Waals surface area contributed by atoms with Crippen LogP contribution in [-0.2, 0) is 44.4 Å². The van der Waals surface area contributed by atoms with Crippen molar-refractivity contribution in [1.82, 2.24) is 74.1 Å². The van der Waals surface area contributed by atoms with E-state index in [-0.39, 0.29) is 41.9 Å². The van der Waals surface area contributed by atoms with Crippen LogP contribution < -0.4 is 24.3 Å². The summed E-state index contributed by atoms with van der Waals surface area (Å²) in [4.78, 5) is 36.8. The summed E-state index contributed by atoms with van der Waals surface area (Å²) >= 11 is 30.9. The topological polar surface area (TPSA) is 327 Å². The highest BCUT2D eigenvalue weighted by molar-refractivity contribution is 7.89. The van der Waals surface area contributed by atoms with Crippen LogP contribution in [0.5, 0.6) is 0 Å². The number of carbonyl (C=O) groups excluding carboxylic acids is 2. The van der Waals surface area contributed by atoms with E-state index in [9.17, 15) is 34.8 Å². The number of aromatic nitrogens is 10. The highest BCUT2D eigenvalue weighted by atomic mass is 35.5.